The van der Waals surface area contributed by atoms with E-state index in [1.165, 1.54) is 31.2 Å². The summed E-state index contributed by atoms with van der Waals surface area (Å²) in [5, 5.41) is 0. The van der Waals surface area contributed by atoms with Gasteiger partial charge in [-0.1, -0.05) is 19.1 Å². The largest absolute Gasteiger partial charge is 0.573 e. The van der Waals surface area contributed by atoms with Gasteiger partial charge >= 0.3 is 6.36 Å². The zero-order valence-corrected chi connectivity index (χ0v) is 8.84. The Morgan fingerprint density at radius 3 is 2.12 bits per heavy atom. The second-order valence-electron chi connectivity index (χ2n) is 3.45. The number of Topliss-reactive ketones (excluding diaryl/α,β-unsaturated/α-hetero) is 1. The molecule has 0 bridgehead atoms. The van der Waals surface area contributed by atoms with E-state index in [9.17, 15) is 18.0 Å². The first-order chi connectivity index (χ1) is 7.29. The van der Waals surface area contributed by atoms with Crippen LogP contribution in [0.2, 0.25) is 0 Å². The number of ketones is 1. The summed E-state index contributed by atoms with van der Waals surface area (Å²) in [7, 11) is 0. The van der Waals surface area contributed by atoms with Gasteiger partial charge in [0.05, 0.1) is 0 Å². The third-order valence-corrected chi connectivity index (χ3v) is 2.22. The molecule has 0 N–H and O–H groups in total. The van der Waals surface area contributed by atoms with E-state index in [0.29, 0.717) is 5.56 Å². The van der Waals surface area contributed by atoms with Gasteiger partial charge in [0.25, 0.3) is 0 Å². The van der Waals surface area contributed by atoms with Crippen LogP contribution in [-0.4, -0.2) is 12.1 Å². The van der Waals surface area contributed by atoms with Crippen molar-refractivity contribution in [1.29, 1.82) is 0 Å². The molecular weight excluding hydrogens is 221 g/mol. The van der Waals surface area contributed by atoms with Gasteiger partial charge in [-0.25, -0.2) is 0 Å². The van der Waals surface area contributed by atoms with E-state index >= 15 is 0 Å². The minimum absolute atomic E-state index is 0.0375. The van der Waals surface area contributed by atoms with Gasteiger partial charge in [0.1, 0.15) is 11.5 Å². The molecule has 16 heavy (non-hydrogen) atoms. The molecule has 0 spiro atoms. The number of hydrogen-bond acceptors (Lipinski definition) is 2. The maximum atomic E-state index is 11.9. The normalized spacial score (nSPS) is 13.3. The second-order valence-corrected chi connectivity index (χ2v) is 3.45. The summed E-state index contributed by atoms with van der Waals surface area (Å²) in [6, 6.07) is 5.30. The van der Waals surface area contributed by atoms with Crippen LogP contribution in [0.5, 0.6) is 5.75 Å². The predicted molar refractivity (Wildman–Crippen MR) is 52.2 cm³/mol. The van der Waals surface area contributed by atoms with Crippen LogP contribution in [0.3, 0.4) is 0 Å². The van der Waals surface area contributed by atoms with Gasteiger partial charge in [0, 0.05) is 5.92 Å². The number of hydrogen-bond donors (Lipinski definition) is 0. The number of carbonyl (C=O) groups is 1. The molecule has 1 unspecified atom stereocenters. The molecule has 1 rings (SSSR count). The van der Waals surface area contributed by atoms with Gasteiger partial charge in [-0.3, -0.25) is 4.79 Å². The van der Waals surface area contributed by atoms with Crippen molar-refractivity contribution < 1.29 is 22.7 Å². The summed E-state index contributed by atoms with van der Waals surface area (Å²) < 4.78 is 39.3. The Bertz CT molecular complexity index is 368. The summed E-state index contributed by atoms with van der Waals surface area (Å²) in [5.74, 6) is -0.642. The highest BCUT2D eigenvalue weighted by Gasteiger charge is 2.31. The van der Waals surface area contributed by atoms with Crippen LogP contribution in [0, 0.1) is 0 Å². The van der Waals surface area contributed by atoms with Gasteiger partial charge in [-0.05, 0) is 24.6 Å². The van der Waals surface area contributed by atoms with Crippen LogP contribution in [0.4, 0.5) is 13.2 Å². The first-order valence-corrected chi connectivity index (χ1v) is 4.66. The van der Waals surface area contributed by atoms with E-state index in [2.05, 4.69) is 4.74 Å². The molecule has 0 aromatic heterocycles. The van der Waals surface area contributed by atoms with Crippen molar-refractivity contribution in [3.8, 4) is 5.75 Å². The number of alkyl halides is 3. The van der Waals surface area contributed by atoms with E-state index < -0.39 is 6.36 Å². The molecule has 1 aromatic rings. The quantitative estimate of drug-likeness (QED) is 0.799. The Morgan fingerprint density at radius 2 is 1.75 bits per heavy atom. The predicted octanol–water partition coefficient (Wildman–Crippen LogP) is 3.28. The number of carbonyl (C=O) groups excluding carboxylic acids is 1. The fourth-order valence-electron chi connectivity index (χ4n) is 1.19. The summed E-state index contributed by atoms with van der Waals surface area (Å²) in [4.78, 5) is 11.0. The molecule has 0 aliphatic rings. The summed E-state index contributed by atoms with van der Waals surface area (Å²) in [5.41, 5.74) is 0.669. The molecule has 0 fully saturated rings. The van der Waals surface area contributed by atoms with E-state index in [1.54, 1.807) is 6.92 Å². The lowest BCUT2D eigenvalue weighted by Gasteiger charge is -2.11. The Morgan fingerprint density at radius 1 is 1.25 bits per heavy atom. The molecule has 0 amide bonds. The Balaban J connectivity index is 2.79. The van der Waals surface area contributed by atoms with Crippen molar-refractivity contribution in [2.24, 2.45) is 0 Å². The van der Waals surface area contributed by atoms with E-state index in [1.807, 2.05) is 0 Å². The van der Waals surface area contributed by atoms with E-state index in [4.69, 9.17) is 0 Å². The minimum Gasteiger partial charge on any atom is -0.406 e. The molecule has 0 heterocycles. The Labute approximate surface area is 91.0 Å². The smallest absolute Gasteiger partial charge is 0.406 e. The van der Waals surface area contributed by atoms with Gasteiger partial charge in [0.2, 0.25) is 0 Å². The average Bonchev–Trinajstić information content (AvgIpc) is 2.15. The summed E-state index contributed by atoms with van der Waals surface area (Å²) >= 11 is 0. The maximum absolute atomic E-state index is 11.9. The van der Waals surface area contributed by atoms with Gasteiger partial charge in [-0.2, -0.15) is 0 Å². The summed E-state index contributed by atoms with van der Waals surface area (Å²) in [6.45, 7) is 3.13. The van der Waals surface area contributed by atoms with Crippen molar-refractivity contribution in [2.45, 2.75) is 26.1 Å². The molecule has 0 radical (unpaired) electrons. The van der Waals surface area contributed by atoms with E-state index in [0.717, 1.165) is 0 Å². The van der Waals surface area contributed by atoms with Crippen LogP contribution in [0.1, 0.15) is 25.3 Å². The van der Waals surface area contributed by atoms with E-state index in [-0.39, 0.29) is 17.5 Å². The molecule has 0 aliphatic heterocycles. The third-order valence-electron chi connectivity index (χ3n) is 2.22. The highest BCUT2D eigenvalue weighted by atomic mass is 19.4. The highest BCUT2D eigenvalue weighted by Crippen LogP contribution is 2.25. The highest BCUT2D eigenvalue weighted by molar-refractivity contribution is 5.82. The monoisotopic (exact) mass is 232 g/mol. The van der Waals surface area contributed by atoms with Crippen molar-refractivity contribution in [2.75, 3.05) is 0 Å². The first-order valence-electron chi connectivity index (χ1n) is 4.66. The van der Waals surface area contributed by atoms with Crippen LogP contribution in [0.25, 0.3) is 0 Å². The molecule has 88 valence electrons. The Hall–Kier alpha value is -1.52. The standard InChI is InChI=1S/C11H11F3O2/c1-7(8(2)15)9-3-5-10(6-4-9)16-11(12,13)14/h3-7H,1-2H3. The topological polar surface area (TPSA) is 26.3 Å². The van der Waals surface area contributed by atoms with Crippen LogP contribution in [-0.2, 0) is 4.79 Å². The lowest BCUT2D eigenvalue weighted by molar-refractivity contribution is -0.274. The fraction of sp³-hybridized carbons (Fsp3) is 0.364. The molecule has 2 nitrogen and oxygen atoms in total. The average molecular weight is 232 g/mol. The summed E-state index contributed by atoms with van der Waals surface area (Å²) in [6.07, 6.45) is -4.69. The molecule has 0 aliphatic carbocycles. The van der Waals surface area contributed by atoms with Crippen molar-refractivity contribution >= 4 is 5.78 Å². The Kier molecular flexibility index (Phi) is 3.57. The van der Waals surface area contributed by atoms with Crippen LogP contribution >= 0.6 is 0 Å². The molecule has 1 aromatic carbocycles. The van der Waals surface area contributed by atoms with Crippen LogP contribution < -0.4 is 4.74 Å². The SMILES string of the molecule is CC(=O)C(C)c1ccc(OC(F)(F)F)cc1. The molecule has 5 heteroatoms. The van der Waals surface area contributed by atoms with Crippen molar-refractivity contribution in [3.63, 3.8) is 0 Å². The molecular formula is C11H11F3O2. The van der Waals surface area contributed by atoms with Gasteiger partial charge in [-0.15, -0.1) is 13.2 Å². The number of halogens is 3. The first kappa shape index (κ1) is 12.5. The van der Waals surface area contributed by atoms with Crippen molar-refractivity contribution in [3.05, 3.63) is 29.8 Å². The fourth-order valence-corrected chi connectivity index (χ4v) is 1.19. The molecule has 0 saturated heterocycles. The number of rotatable bonds is 3. The molecule has 0 saturated carbocycles. The third kappa shape index (κ3) is 3.56. The maximum Gasteiger partial charge on any atom is 0.573 e. The minimum atomic E-state index is -4.69. The second kappa shape index (κ2) is 4.55. The zero-order valence-electron chi connectivity index (χ0n) is 8.84. The van der Waals surface area contributed by atoms with Gasteiger partial charge < -0.3 is 4.74 Å². The van der Waals surface area contributed by atoms with Gasteiger partial charge in [0.15, 0.2) is 0 Å². The number of benzene rings is 1. The zero-order chi connectivity index (χ0) is 12.3. The lowest BCUT2D eigenvalue weighted by atomic mass is 9.98. The van der Waals surface area contributed by atoms with Crippen molar-refractivity contribution in [1.82, 2.24) is 0 Å². The molecule has 1 atom stereocenters. The lowest BCUT2D eigenvalue weighted by Crippen LogP contribution is -2.17. The van der Waals surface area contributed by atoms with Crippen LogP contribution in [0.15, 0.2) is 24.3 Å². The number of ether oxygens (including phenoxy) is 1.